The highest BCUT2D eigenvalue weighted by atomic mass is 35.5. The van der Waals surface area contributed by atoms with Crippen LogP contribution in [0.3, 0.4) is 0 Å². The van der Waals surface area contributed by atoms with E-state index in [0.29, 0.717) is 18.1 Å². The molecule has 0 aliphatic carbocycles. The van der Waals surface area contributed by atoms with Crippen molar-refractivity contribution in [3.8, 4) is 0 Å². The molecule has 1 N–H and O–H groups in total. The first-order valence-corrected chi connectivity index (χ1v) is 8.43. The molecule has 0 aromatic heterocycles. The molecule has 4 nitrogen and oxygen atoms in total. The van der Waals surface area contributed by atoms with Gasteiger partial charge in [-0.3, -0.25) is 4.90 Å². The van der Waals surface area contributed by atoms with Crippen LogP contribution in [-0.4, -0.2) is 50.4 Å². The van der Waals surface area contributed by atoms with Crippen molar-refractivity contribution in [2.45, 2.75) is 4.90 Å². The van der Waals surface area contributed by atoms with Gasteiger partial charge in [-0.1, -0.05) is 29.3 Å². The van der Waals surface area contributed by atoms with Gasteiger partial charge in [-0.15, -0.1) is 6.58 Å². The molecule has 0 unspecified atom stereocenters. The Morgan fingerprint density at radius 3 is 2.60 bits per heavy atom. The second-order valence-corrected chi connectivity index (χ2v) is 7.13. The minimum absolute atomic E-state index is 0.0359. The topological polar surface area (TPSA) is 57.6 Å². The molecule has 20 heavy (non-hydrogen) atoms. The maximum absolute atomic E-state index is 12.3. The smallest absolute Gasteiger partial charge is 0.181 e. The maximum Gasteiger partial charge on any atom is 0.181 e. The average Bonchev–Trinajstić information content (AvgIpc) is 2.39. The molecule has 0 amide bonds. The average molecular weight is 338 g/mol. The van der Waals surface area contributed by atoms with E-state index in [9.17, 15) is 8.42 Å². The molecule has 1 aromatic carbocycles. The molecule has 0 atom stereocenters. The van der Waals surface area contributed by atoms with E-state index >= 15 is 0 Å². The van der Waals surface area contributed by atoms with E-state index in [1.807, 2.05) is 0 Å². The van der Waals surface area contributed by atoms with E-state index in [2.05, 4.69) is 6.58 Å². The first kappa shape index (κ1) is 17.5. The Bertz CT molecular complexity index is 561. The first-order valence-electron chi connectivity index (χ1n) is 6.02. The van der Waals surface area contributed by atoms with Crippen LogP contribution in [0.15, 0.2) is 35.7 Å². The minimum Gasteiger partial charge on any atom is -0.395 e. The van der Waals surface area contributed by atoms with Gasteiger partial charge in [0.25, 0.3) is 0 Å². The summed E-state index contributed by atoms with van der Waals surface area (Å²) in [5.41, 5.74) is 0. The van der Waals surface area contributed by atoms with Crippen LogP contribution in [0.2, 0.25) is 10.0 Å². The molecule has 0 aliphatic rings. The maximum atomic E-state index is 12.3. The van der Waals surface area contributed by atoms with Crippen molar-refractivity contribution in [2.24, 2.45) is 0 Å². The van der Waals surface area contributed by atoms with Gasteiger partial charge < -0.3 is 5.11 Å². The van der Waals surface area contributed by atoms with Gasteiger partial charge in [0.15, 0.2) is 9.84 Å². The molecule has 7 heteroatoms. The first-order chi connectivity index (χ1) is 9.40. The zero-order valence-electron chi connectivity index (χ0n) is 10.9. The number of hydrogen-bond donors (Lipinski definition) is 1. The van der Waals surface area contributed by atoms with Gasteiger partial charge in [-0.25, -0.2) is 8.42 Å². The minimum atomic E-state index is -3.52. The van der Waals surface area contributed by atoms with Crippen molar-refractivity contribution in [3.05, 3.63) is 40.9 Å². The van der Waals surface area contributed by atoms with Crippen molar-refractivity contribution in [1.29, 1.82) is 0 Å². The molecular weight excluding hydrogens is 321 g/mol. The van der Waals surface area contributed by atoms with Crippen LogP contribution in [-0.2, 0) is 9.84 Å². The highest BCUT2D eigenvalue weighted by Crippen LogP contribution is 2.25. The normalized spacial score (nSPS) is 11.8. The van der Waals surface area contributed by atoms with Crippen molar-refractivity contribution < 1.29 is 13.5 Å². The Hall–Kier alpha value is -0.590. The monoisotopic (exact) mass is 337 g/mol. The van der Waals surface area contributed by atoms with Crippen molar-refractivity contribution in [2.75, 3.05) is 32.0 Å². The van der Waals surface area contributed by atoms with E-state index in [-0.39, 0.29) is 28.8 Å². The van der Waals surface area contributed by atoms with Gasteiger partial charge in [-0.05, 0) is 18.2 Å². The number of aliphatic hydroxyl groups excluding tert-OH is 1. The third kappa shape index (κ3) is 5.07. The summed E-state index contributed by atoms with van der Waals surface area (Å²) in [4.78, 5) is 1.83. The molecule has 0 bridgehead atoms. The summed E-state index contributed by atoms with van der Waals surface area (Å²) in [6.07, 6.45) is 1.66. The number of hydrogen-bond acceptors (Lipinski definition) is 4. The quantitative estimate of drug-likeness (QED) is 0.739. The van der Waals surface area contributed by atoms with Gasteiger partial charge in [0.1, 0.15) is 0 Å². The summed E-state index contributed by atoms with van der Waals surface area (Å²) in [6.45, 7) is 4.76. The van der Waals surface area contributed by atoms with Crippen LogP contribution in [0.5, 0.6) is 0 Å². The number of nitrogens with zero attached hydrogens (tertiary/aromatic N) is 1. The fourth-order valence-corrected chi connectivity index (χ4v) is 3.79. The molecule has 0 aliphatic heterocycles. The molecule has 0 saturated heterocycles. The van der Waals surface area contributed by atoms with Gasteiger partial charge in [-0.2, -0.15) is 0 Å². The SMILES string of the molecule is C=CCN(CCO)CCS(=O)(=O)c1cc(Cl)ccc1Cl. The van der Waals surface area contributed by atoms with E-state index in [4.69, 9.17) is 28.3 Å². The molecule has 0 radical (unpaired) electrons. The molecule has 0 saturated carbocycles. The van der Waals surface area contributed by atoms with Crippen LogP contribution in [0.25, 0.3) is 0 Å². The Kier molecular flexibility index (Phi) is 6.99. The summed E-state index contributed by atoms with van der Waals surface area (Å²) in [7, 11) is -3.52. The number of rotatable bonds is 8. The van der Waals surface area contributed by atoms with E-state index in [1.165, 1.54) is 12.1 Å². The molecular formula is C13H17Cl2NO3S. The van der Waals surface area contributed by atoms with E-state index in [1.54, 1.807) is 17.0 Å². The summed E-state index contributed by atoms with van der Waals surface area (Å²) in [6, 6.07) is 4.35. The Morgan fingerprint density at radius 2 is 2.00 bits per heavy atom. The zero-order valence-corrected chi connectivity index (χ0v) is 13.3. The number of aliphatic hydroxyl groups is 1. The summed E-state index contributed by atoms with van der Waals surface area (Å²) in [5.74, 6) is -0.0963. The zero-order chi connectivity index (χ0) is 15.2. The lowest BCUT2D eigenvalue weighted by Crippen LogP contribution is -2.32. The predicted octanol–water partition coefficient (Wildman–Crippen LogP) is 2.25. The highest BCUT2D eigenvalue weighted by molar-refractivity contribution is 7.91. The summed E-state index contributed by atoms with van der Waals surface area (Å²) in [5, 5.41) is 9.41. The lowest BCUT2D eigenvalue weighted by molar-refractivity contribution is 0.215. The van der Waals surface area contributed by atoms with Crippen molar-refractivity contribution >= 4 is 33.0 Å². The van der Waals surface area contributed by atoms with Crippen LogP contribution in [0.1, 0.15) is 0 Å². The van der Waals surface area contributed by atoms with Crippen LogP contribution < -0.4 is 0 Å². The van der Waals surface area contributed by atoms with Crippen LogP contribution in [0.4, 0.5) is 0 Å². The van der Waals surface area contributed by atoms with E-state index in [0.717, 1.165) is 0 Å². The number of benzene rings is 1. The van der Waals surface area contributed by atoms with Gasteiger partial charge in [0.05, 0.1) is 22.3 Å². The Labute approximate surface area is 129 Å². The third-order valence-electron chi connectivity index (χ3n) is 2.71. The molecule has 0 heterocycles. The lowest BCUT2D eigenvalue weighted by Gasteiger charge is -2.19. The number of sulfone groups is 1. The van der Waals surface area contributed by atoms with E-state index < -0.39 is 9.84 Å². The third-order valence-corrected chi connectivity index (χ3v) is 5.11. The highest BCUT2D eigenvalue weighted by Gasteiger charge is 2.19. The Balaban J connectivity index is 2.83. The fraction of sp³-hybridized carbons (Fsp3) is 0.385. The summed E-state index contributed by atoms with van der Waals surface area (Å²) >= 11 is 11.7. The molecule has 0 fully saturated rings. The molecule has 1 rings (SSSR count). The Morgan fingerprint density at radius 1 is 1.30 bits per heavy atom. The lowest BCUT2D eigenvalue weighted by atomic mass is 10.4. The second kappa shape index (κ2) is 8.00. The van der Waals surface area contributed by atoms with Crippen LogP contribution >= 0.6 is 23.2 Å². The summed E-state index contributed by atoms with van der Waals surface area (Å²) < 4.78 is 24.5. The van der Waals surface area contributed by atoms with Crippen molar-refractivity contribution in [3.63, 3.8) is 0 Å². The molecule has 0 spiro atoms. The van der Waals surface area contributed by atoms with Gasteiger partial charge >= 0.3 is 0 Å². The van der Waals surface area contributed by atoms with Gasteiger partial charge in [0.2, 0.25) is 0 Å². The fourth-order valence-electron chi connectivity index (χ4n) is 1.69. The standard InChI is InChI=1S/C13H17Cl2NO3S/c1-2-5-16(6-8-17)7-9-20(18,19)13-10-11(14)3-4-12(13)15/h2-4,10,17H,1,5-9H2. The molecule has 112 valence electrons. The van der Waals surface area contributed by atoms with Crippen molar-refractivity contribution in [1.82, 2.24) is 4.90 Å². The largest absolute Gasteiger partial charge is 0.395 e. The van der Waals surface area contributed by atoms with Gasteiger partial charge in [0, 0.05) is 24.7 Å². The van der Waals surface area contributed by atoms with Crippen LogP contribution in [0, 0.1) is 0 Å². The molecule has 1 aromatic rings. The second-order valence-electron chi connectivity index (χ2n) is 4.21. The number of halogens is 2. The predicted molar refractivity (Wildman–Crippen MR) is 82.2 cm³/mol.